The second-order valence-corrected chi connectivity index (χ2v) is 3.51. The molecule has 0 saturated heterocycles. The number of anilines is 1. The SMILES string of the molecule is NC(N)=NC(=O)Nc1ccc(Br)cc1F. The van der Waals surface area contributed by atoms with Crippen molar-refractivity contribution >= 4 is 33.6 Å². The summed E-state index contributed by atoms with van der Waals surface area (Å²) in [7, 11) is 0. The number of aliphatic imine (C=N–C) groups is 1. The van der Waals surface area contributed by atoms with Crippen LogP contribution in [-0.4, -0.2) is 12.0 Å². The lowest BCUT2D eigenvalue weighted by molar-refractivity contribution is 0.259. The Morgan fingerprint density at radius 1 is 1.47 bits per heavy atom. The summed E-state index contributed by atoms with van der Waals surface area (Å²) in [6.07, 6.45) is 0. The Morgan fingerprint density at radius 2 is 2.13 bits per heavy atom. The number of carbonyl (C=O) groups is 1. The van der Waals surface area contributed by atoms with Crippen molar-refractivity contribution in [2.45, 2.75) is 0 Å². The summed E-state index contributed by atoms with van der Waals surface area (Å²) in [4.78, 5) is 14.2. The number of hydrogen-bond donors (Lipinski definition) is 3. The number of carbonyl (C=O) groups excluding carboxylic acids is 1. The average molecular weight is 275 g/mol. The zero-order valence-electron chi connectivity index (χ0n) is 7.50. The Kier molecular flexibility index (Phi) is 3.62. The van der Waals surface area contributed by atoms with Crippen molar-refractivity contribution in [3.63, 3.8) is 0 Å². The molecule has 1 rings (SSSR count). The van der Waals surface area contributed by atoms with Crippen LogP contribution >= 0.6 is 15.9 Å². The summed E-state index contributed by atoms with van der Waals surface area (Å²) >= 11 is 3.08. The minimum absolute atomic E-state index is 0.00759. The third-order valence-corrected chi connectivity index (χ3v) is 1.90. The molecule has 0 atom stereocenters. The molecule has 80 valence electrons. The highest BCUT2D eigenvalue weighted by molar-refractivity contribution is 9.10. The van der Waals surface area contributed by atoms with Gasteiger partial charge in [0, 0.05) is 4.47 Å². The minimum atomic E-state index is -0.823. The van der Waals surface area contributed by atoms with E-state index in [1.807, 2.05) is 0 Å². The van der Waals surface area contributed by atoms with E-state index < -0.39 is 11.8 Å². The molecule has 0 aromatic heterocycles. The monoisotopic (exact) mass is 274 g/mol. The van der Waals surface area contributed by atoms with Gasteiger partial charge in [-0.3, -0.25) is 0 Å². The van der Waals surface area contributed by atoms with E-state index >= 15 is 0 Å². The van der Waals surface area contributed by atoms with E-state index in [4.69, 9.17) is 11.5 Å². The number of urea groups is 1. The number of nitrogens with two attached hydrogens (primary N) is 2. The molecule has 0 aliphatic heterocycles. The second kappa shape index (κ2) is 4.74. The smallest absolute Gasteiger partial charge is 0.348 e. The van der Waals surface area contributed by atoms with Gasteiger partial charge in [0.15, 0.2) is 5.96 Å². The first-order valence-corrected chi connectivity index (χ1v) is 4.64. The zero-order chi connectivity index (χ0) is 11.4. The van der Waals surface area contributed by atoms with Crippen LogP contribution in [0.3, 0.4) is 0 Å². The Balaban J connectivity index is 2.82. The Morgan fingerprint density at radius 3 is 2.67 bits per heavy atom. The molecular formula is C8H8BrFN4O. The lowest BCUT2D eigenvalue weighted by Crippen LogP contribution is -2.25. The van der Waals surface area contributed by atoms with Crippen LogP contribution in [0.2, 0.25) is 0 Å². The van der Waals surface area contributed by atoms with E-state index in [1.54, 1.807) is 6.07 Å². The Labute approximate surface area is 93.5 Å². The summed E-state index contributed by atoms with van der Waals surface area (Å²) in [5.41, 5.74) is 9.96. The molecule has 1 aromatic carbocycles. The number of amides is 2. The van der Waals surface area contributed by atoms with Gasteiger partial charge >= 0.3 is 6.03 Å². The quantitative estimate of drug-likeness (QED) is 0.534. The van der Waals surface area contributed by atoms with Crippen molar-refractivity contribution in [1.82, 2.24) is 0 Å². The number of benzene rings is 1. The Bertz CT molecular complexity index is 417. The van der Waals surface area contributed by atoms with Crippen molar-refractivity contribution < 1.29 is 9.18 Å². The molecule has 1 aromatic rings. The summed E-state index contributed by atoms with van der Waals surface area (Å²) in [6.45, 7) is 0. The van der Waals surface area contributed by atoms with Gasteiger partial charge in [0.05, 0.1) is 5.69 Å². The number of hydrogen-bond acceptors (Lipinski definition) is 1. The van der Waals surface area contributed by atoms with Crippen LogP contribution in [-0.2, 0) is 0 Å². The fraction of sp³-hybridized carbons (Fsp3) is 0. The molecule has 0 radical (unpaired) electrons. The maximum absolute atomic E-state index is 13.2. The van der Waals surface area contributed by atoms with Gasteiger partial charge in [0.25, 0.3) is 0 Å². The third-order valence-electron chi connectivity index (χ3n) is 1.40. The van der Waals surface area contributed by atoms with Gasteiger partial charge < -0.3 is 16.8 Å². The summed E-state index contributed by atoms with van der Waals surface area (Å²) < 4.78 is 13.8. The second-order valence-electron chi connectivity index (χ2n) is 2.59. The zero-order valence-corrected chi connectivity index (χ0v) is 9.08. The van der Waals surface area contributed by atoms with Crippen LogP contribution in [0.25, 0.3) is 0 Å². The van der Waals surface area contributed by atoms with E-state index in [2.05, 4.69) is 26.2 Å². The first-order valence-electron chi connectivity index (χ1n) is 3.84. The predicted octanol–water partition coefficient (Wildman–Crippen LogP) is 1.39. The number of halogens is 2. The molecule has 0 fully saturated rings. The fourth-order valence-corrected chi connectivity index (χ4v) is 1.18. The minimum Gasteiger partial charge on any atom is -0.370 e. The highest BCUT2D eigenvalue weighted by Crippen LogP contribution is 2.19. The number of nitrogens with one attached hydrogen (secondary N) is 1. The van der Waals surface area contributed by atoms with E-state index in [0.717, 1.165) is 0 Å². The van der Waals surface area contributed by atoms with Crippen LogP contribution in [0, 0.1) is 5.82 Å². The maximum atomic E-state index is 13.2. The van der Waals surface area contributed by atoms with Crippen molar-refractivity contribution in [2.75, 3.05) is 5.32 Å². The molecule has 0 spiro atoms. The van der Waals surface area contributed by atoms with Gasteiger partial charge in [-0.05, 0) is 18.2 Å². The Hall–Kier alpha value is -1.63. The normalized spacial score (nSPS) is 9.47. The highest BCUT2D eigenvalue weighted by atomic mass is 79.9. The van der Waals surface area contributed by atoms with Gasteiger partial charge in [-0.15, -0.1) is 0 Å². The van der Waals surface area contributed by atoms with Crippen LogP contribution in [0.1, 0.15) is 0 Å². The molecule has 0 aliphatic carbocycles. The molecule has 5 nitrogen and oxygen atoms in total. The third kappa shape index (κ3) is 3.55. The fourth-order valence-electron chi connectivity index (χ4n) is 0.851. The highest BCUT2D eigenvalue weighted by Gasteiger charge is 2.06. The van der Waals surface area contributed by atoms with Gasteiger partial charge in [0.1, 0.15) is 5.82 Å². The first kappa shape index (κ1) is 11.4. The van der Waals surface area contributed by atoms with Crippen molar-refractivity contribution in [3.8, 4) is 0 Å². The van der Waals surface area contributed by atoms with Crippen molar-refractivity contribution in [3.05, 3.63) is 28.5 Å². The van der Waals surface area contributed by atoms with Crippen LogP contribution < -0.4 is 16.8 Å². The van der Waals surface area contributed by atoms with Gasteiger partial charge in [-0.25, -0.2) is 9.18 Å². The van der Waals surface area contributed by atoms with Gasteiger partial charge in [-0.1, -0.05) is 15.9 Å². The summed E-state index contributed by atoms with van der Waals surface area (Å²) in [6, 6.07) is 3.36. The summed E-state index contributed by atoms with van der Waals surface area (Å²) in [5.74, 6) is -0.964. The molecule has 0 bridgehead atoms. The molecule has 0 aliphatic rings. The molecule has 15 heavy (non-hydrogen) atoms. The van der Waals surface area contributed by atoms with Crippen LogP contribution in [0.5, 0.6) is 0 Å². The molecule has 0 saturated carbocycles. The lowest BCUT2D eigenvalue weighted by atomic mass is 10.3. The van der Waals surface area contributed by atoms with E-state index in [-0.39, 0.29) is 11.6 Å². The molecule has 5 N–H and O–H groups in total. The first-order chi connectivity index (χ1) is 6.99. The van der Waals surface area contributed by atoms with E-state index in [9.17, 15) is 9.18 Å². The number of rotatable bonds is 1. The van der Waals surface area contributed by atoms with Crippen LogP contribution in [0.15, 0.2) is 27.7 Å². The van der Waals surface area contributed by atoms with E-state index in [1.165, 1.54) is 12.1 Å². The largest absolute Gasteiger partial charge is 0.370 e. The number of nitrogens with zero attached hydrogens (tertiary/aromatic N) is 1. The lowest BCUT2D eigenvalue weighted by Gasteiger charge is -2.03. The molecule has 0 unspecified atom stereocenters. The molecule has 2 amide bonds. The van der Waals surface area contributed by atoms with Crippen molar-refractivity contribution in [2.24, 2.45) is 16.5 Å². The predicted molar refractivity (Wildman–Crippen MR) is 58.9 cm³/mol. The maximum Gasteiger partial charge on any atom is 0.348 e. The van der Waals surface area contributed by atoms with Gasteiger partial charge in [0.2, 0.25) is 0 Å². The van der Waals surface area contributed by atoms with Crippen LogP contribution in [0.4, 0.5) is 14.9 Å². The van der Waals surface area contributed by atoms with E-state index in [0.29, 0.717) is 4.47 Å². The summed E-state index contributed by atoms with van der Waals surface area (Å²) in [5, 5.41) is 2.19. The number of guanidine groups is 1. The molecule has 0 heterocycles. The standard InChI is InChI=1S/C8H8BrFN4O/c9-4-1-2-6(5(10)3-4)13-8(15)14-7(11)12/h1-3H,(H5,11,12,13,14,15). The topological polar surface area (TPSA) is 93.5 Å². The molecule has 7 heteroatoms. The molecular weight excluding hydrogens is 267 g/mol. The van der Waals surface area contributed by atoms with Gasteiger partial charge in [-0.2, -0.15) is 4.99 Å². The van der Waals surface area contributed by atoms with Crippen molar-refractivity contribution in [1.29, 1.82) is 0 Å². The average Bonchev–Trinajstić information content (AvgIpc) is 2.08.